The number of hydrogen-bond acceptors (Lipinski definition) is 2. The Morgan fingerprint density at radius 3 is 3.08 bits per heavy atom. The Bertz CT molecular complexity index is 173. The van der Waals surface area contributed by atoms with Crippen LogP contribution in [-0.2, 0) is 0 Å². The molecule has 0 bridgehead atoms. The van der Waals surface area contributed by atoms with Crippen LogP contribution in [-0.4, -0.2) is 10.5 Å². The molecule has 0 spiro atoms. The summed E-state index contributed by atoms with van der Waals surface area (Å²) >= 11 is 0. The highest BCUT2D eigenvalue weighted by atomic mass is 33.1. The van der Waals surface area contributed by atoms with Gasteiger partial charge in [-0.15, -0.1) is 0 Å². The lowest BCUT2D eigenvalue weighted by Gasteiger charge is -2.07. The van der Waals surface area contributed by atoms with E-state index < -0.39 is 0 Å². The summed E-state index contributed by atoms with van der Waals surface area (Å²) in [5.74, 6) is 0. The van der Waals surface area contributed by atoms with Gasteiger partial charge in [-0.1, -0.05) is 52.8 Å². The Balaban J connectivity index is 2.38. The van der Waals surface area contributed by atoms with Crippen LogP contribution in [0.3, 0.4) is 0 Å². The van der Waals surface area contributed by atoms with Crippen molar-refractivity contribution in [1.29, 1.82) is 0 Å². The maximum Gasteiger partial charge on any atom is 0.0365 e. The molecular weight excluding hydrogens is 184 g/mol. The Hall–Kier alpha value is 0.180. The first-order chi connectivity index (χ1) is 5.83. The molecule has 0 aromatic rings. The molecule has 0 aliphatic carbocycles. The van der Waals surface area contributed by atoms with E-state index in [1.807, 2.05) is 21.6 Å². The van der Waals surface area contributed by atoms with E-state index in [9.17, 15) is 0 Å². The Morgan fingerprint density at radius 2 is 2.33 bits per heavy atom. The van der Waals surface area contributed by atoms with Crippen LogP contribution in [0.1, 0.15) is 26.7 Å². The standard InChI is InChI=1S/C10H16S2/c1-3-4-7-10-8-5-6-9(2)11-12-10/h4-7,9-10H,3,8H2,1-2H3. The molecule has 0 saturated heterocycles. The fourth-order valence-electron chi connectivity index (χ4n) is 1.03. The van der Waals surface area contributed by atoms with E-state index in [1.54, 1.807) is 0 Å². The van der Waals surface area contributed by atoms with Crippen LogP contribution >= 0.6 is 21.6 Å². The lowest BCUT2D eigenvalue weighted by molar-refractivity contribution is 1.06. The van der Waals surface area contributed by atoms with E-state index in [1.165, 1.54) is 6.42 Å². The number of hydrogen-bond donors (Lipinski definition) is 0. The third-order valence-electron chi connectivity index (χ3n) is 1.69. The van der Waals surface area contributed by atoms with Gasteiger partial charge in [0.05, 0.1) is 0 Å². The van der Waals surface area contributed by atoms with Crippen molar-refractivity contribution in [2.24, 2.45) is 0 Å². The third-order valence-corrected chi connectivity index (χ3v) is 4.85. The first kappa shape index (κ1) is 10.3. The van der Waals surface area contributed by atoms with E-state index in [-0.39, 0.29) is 0 Å². The quantitative estimate of drug-likeness (QED) is 0.487. The second-order valence-electron chi connectivity index (χ2n) is 2.94. The molecule has 2 heteroatoms. The summed E-state index contributed by atoms with van der Waals surface area (Å²) in [5.41, 5.74) is 0. The maximum absolute atomic E-state index is 2.33. The summed E-state index contributed by atoms with van der Waals surface area (Å²) in [5, 5.41) is 1.37. The van der Waals surface area contributed by atoms with E-state index in [2.05, 4.69) is 38.2 Å². The molecule has 0 aromatic heterocycles. The van der Waals surface area contributed by atoms with E-state index in [4.69, 9.17) is 0 Å². The van der Waals surface area contributed by atoms with Crippen molar-refractivity contribution < 1.29 is 0 Å². The van der Waals surface area contributed by atoms with Crippen molar-refractivity contribution in [3.63, 3.8) is 0 Å². The Morgan fingerprint density at radius 1 is 1.50 bits per heavy atom. The molecule has 68 valence electrons. The molecule has 2 unspecified atom stereocenters. The van der Waals surface area contributed by atoms with Crippen molar-refractivity contribution in [3.8, 4) is 0 Å². The molecule has 0 radical (unpaired) electrons. The maximum atomic E-state index is 2.33. The van der Waals surface area contributed by atoms with Gasteiger partial charge in [-0.05, 0) is 19.8 Å². The highest BCUT2D eigenvalue weighted by Gasteiger charge is 2.09. The average Bonchev–Trinajstić information content (AvgIpc) is 2.27. The summed E-state index contributed by atoms with van der Waals surface area (Å²) in [6.45, 7) is 4.43. The van der Waals surface area contributed by atoms with Gasteiger partial charge in [0.2, 0.25) is 0 Å². The van der Waals surface area contributed by atoms with Crippen molar-refractivity contribution in [2.45, 2.75) is 37.2 Å². The molecule has 1 rings (SSSR count). The van der Waals surface area contributed by atoms with Crippen molar-refractivity contribution >= 4 is 21.6 Å². The van der Waals surface area contributed by atoms with Gasteiger partial charge in [0.25, 0.3) is 0 Å². The second-order valence-corrected chi connectivity index (χ2v) is 5.82. The molecule has 2 atom stereocenters. The topological polar surface area (TPSA) is 0 Å². The predicted molar refractivity (Wildman–Crippen MR) is 61.6 cm³/mol. The van der Waals surface area contributed by atoms with Gasteiger partial charge < -0.3 is 0 Å². The van der Waals surface area contributed by atoms with Crippen molar-refractivity contribution in [2.75, 3.05) is 0 Å². The molecule has 0 fully saturated rings. The average molecular weight is 200 g/mol. The monoisotopic (exact) mass is 200 g/mol. The van der Waals surface area contributed by atoms with Gasteiger partial charge >= 0.3 is 0 Å². The fraction of sp³-hybridized carbons (Fsp3) is 0.600. The van der Waals surface area contributed by atoms with Crippen LogP contribution in [0, 0.1) is 0 Å². The van der Waals surface area contributed by atoms with Crippen LogP contribution in [0.15, 0.2) is 24.3 Å². The van der Waals surface area contributed by atoms with Gasteiger partial charge in [-0.3, -0.25) is 0 Å². The lowest BCUT2D eigenvalue weighted by atomic mass is 10.2. The van der Waals surface area contributed by atoms with Crippen molar-refractivity contribution in [3.05, 3.63) is 24.3 Å². The van der Waals surface area contributed by atoms with E-state index in [0.29, 0.717) is 10.5 Å². The fourth-order valence-corrected chi connectivity index (χ4v) is 3.47. The molecule has 1 heterocycles. The first-order valence-electron chi connectivity index (χ1n) is 4.48. The highest BCUT2D eigenvalue weighted by molar-refractivity contribution is 8.77. The van der Waals surface area contributed by atoms with Gasteiger partial charge in [0, 0.05) is 10.5 Å². The molecule has 0 saturated carbocycles. The van der Waals surface area contributed by atoms with Crippen LogP contribution in [0.2, 0.25) is 0 Å². The normalized spacial score (nSPS) is 30.8. The van der Waals surface area contributed by atoms with Crippen LogP contribution in [0.25, 0.3) is 0 Å². The Labute approximate surface area is 83.3 Å². The zero-order valence-electron chi connectivity index (χ0n) is 7.69. The van der Waals surface area contributed by atoms with Gasteiger partial charge in [-0.25, -0.2) is 0 Å². The Kier molecular flexibility index (Phi) is 4.93. The van der Waals surface area contributed by atoms with E-state index >= 15 is 0 Å². The summed E-state index contributed by atoms with van der Waals surface area (Å²) in [6.07, 6.45) is 11.6. The summed E-state index contributed by atoms with van der Waals surface area (Å²) in [7, 11) is 3.98. The number of rotatable bonds is 2. The molecule has 0 nitrogen and oxygen atoms in total. The van der Waals surface area contributed by atoms with Crippen LogP contribution < -0.4 is 0 Å². The molecule has 0 aromatic carbocycles. The highest BCUT2D eigenvalue weighted by Crippen LogP contribution is 2.36. The van der Waals surface area contributed by atoms with Gasteiger partial charge in [0.1, 0.15) is 0 Å². The minimum absolute atomic E-state index is 0.676. The molecule has 0 N–H and O–H groups in total. The van der Waals surface area contributed by atoms with E-state index in [0.717, 1.165) is 6.42 Å². The molecular formula is C10H16S2. The van der Waals surface area contributed by atoms with Crippen LogP contribution in [0.4, 0.5) is 0 Å². The molecule has 12 heavy (non-hydrogen) atoms. The SMILES string of the molecule is CCC=CC1CC=CC(C)SS1. The summed E-state index contributed by atoms with van der Waals surface area (Å²) < 4.78 is 0. The molecule has 0 amide bonds. The van der Waals surface area contributed by atoms with Gasteiger partial charge in [-0.2, -0.15) is 0 Å². The summed E-state index contributed by atoms with van der Waals surface area (Å²) in [6, 6.07) is 0. The smallest absolute Gasteiger partial charge is 0.0365 e. The van der Waals surface area contributed by atoms with Crippen LogP contribution in [0.5, 0.6) is 0 Å². The largest absolute Gasteiger partial charge is 0.0877 e. The first-order valence-corrected chi connectivity index (χ1v) is 6.76. The minimum atomic E-state index is 0.676. The molecule has 1 aliphatic heterocycles. The third kappa shape index (κ3) is 3.72. The minimum Gasteiger partial charge on any atom is -0.0877 e. The molecule has 1 aliphatic rings. The zero-order valence-corrected chi connectivity index (χ0v) is 9.33. The predicted octanol–water partition coefficient (Wildman–Crippen LogP) is 4.05. The van der Waals surface area contributed by atoms with Gasteiger partial charge in [0.15, 0.2) is 0 Å². The second kappa shape index (κ2) is 5.76. The lowest BCUT2D eigenvalue weighted by Crippen LogP contribution is -1.92. The number of allylic oxidation sites excluding steroid dienone is 2. The summed E-state index contributed by atoms with van der Waals surface area (Å²) in [4.78, 5) is 0. The zero-order chi connectivity index (χ0) is 8.81. The van der Waals surface area contributed by atoms with Crippen molar-refractivity contribution in [1.82, 2.24) is 0 Å².